The zero-order valence-electron chi connectivity index (χ0n) is 13.4. The number of carbonyl (C=O) groups excluding carboxylic acids is 1. The van der Waals surface area contributed by atoms with Crippen molar-refractivity contribution in [3.05, 3.63) is 11.6 Å². The van der Waals surface area contributed by atoms with Gasteiger partial charge in [0.15, 0.2) is 0 Å². The highest BCUT2D eigenvalue weighted by atomic mass is 32.2. The summed E-state index contributed by atoms with van der Waals surface area (Å²) in [6.07, 6.45) is 6.36. The number of allylic oxidation sites excluding steroid dienone is 2. The average Bonchev–Trinajstić information content (AvgIpc) is 3.04. The quantitative estimate of drug-likeness (QED) is 0.372. The summed E-state index contributed by atoms with van der Waals surface area (Å²) >= 11 is 1.64. The van der Waals surface area contributed by atoms with E-state index in [4.69, 9.17) is 14.6 Å². The minimum absolute atomic E-state index is 0.0535. The Morgan fingerprint density at radius 3 is 3.09 bits per heavy atom. The highest BCUT2D eigenvalue weighted by molar-refractivity contribution is 7.99. The summed E-state index contributed by atoms with van der Waals surface area (Å²) in [5.41, 5.74) is 1.28. The highest BCUT2D eigenvalue weighted by Crippen LogP contribution is 2.50. The Kier molecular flexibility index (Phi) is 4.86. The minimum Gasteiger partial charge on any atom is -0.459 e. The first-order chi connectivity index (χ1) is 10.5. The van der Waals surface area contributed by atoms with Gasteiger partial charge >= 0.3 is 5.97 Å². The molecule has 0 saturated carbocycles. The van der Waals surface area contributed by atoms with E-state index in [0.29, 0.717) is 5.75 Å². The second kappa shape index (κ2) is 6.54. The van der Waals surface area contributed by atoms with Crippen LogP contribution in [0.4, 0.5) is 0 Å². The van der Waals surface area contributed by atoms with Gasteiger partial charge in [-0.15, -0.1) is 0 Å². The second-order valence-electron chi connectivity index (χ2n) is 6.95. The highest BCUT2D eigenvalue weighted by Gasteiger charge is 2.62. The molecule has 22 heavy (non-hydrogen) atoms. The van der Waals surface area contributed by atoms with Crippen LogP contribution in [0.3, 0.4) is 0 Å². The van der Waals surface area contributed by atoms with Crippen LogP contribution in [0.25, 0.3) is 0 Å². The Hall–Kier alpha value is -0.520. The van der Waals surface area contributed by atoms with Crippen LogP contribution in [0.5, 0.6) is 0 Å². The van der Waals surface area contributed by atoms with Crippen LogP contribution in [0.15, 0.2) is 11.6 Å². The monoisotopic (exact) mass is 326 g/mol. The van der Waals surface area contributed by atoms with E-state index in [1.165, 1.54) is 5.57 Å². The number of hydrogen-bond donors (Lipinski definition) is 1. The van der Waals surface area contributed by atoms with Gasteiger partial charge in [-0.2, -0.15) is 11.8 Å². The molecule has 4 nitrogen and oxygen atoms in total. The summed E-state index contributed by atoms with van der Waals surface area (Å²) in [7, 11) is 0. The SMILES string of the molecule is C/C1=C\CC[C@@]2(C)O[C@H]2[C@H]2OC(=O)[C@@H](CSCCO)[C@@H]2CC1. The third kappa shape index (κ3) is 3.22. The molecule has 1 N–H and O–H groups in total. The molecule has 0 spiro atoms. The van der Waals surface area contributed by atoms with Crippen LogP contribution in [0, 0.1) is 11.8 Å². The largest absolute Gasteiger partial charge is 0.459 e. The number of aliphatic hydroxyl groups excluding tert-OH is 1. The average molecular weight is 326 g/mol. The summed E-state index contributed by atoms with van der Waals surface area (Å²) in [6, 6.07) is 0. The lowest BCUT2D eigenvalue weighted by molar-refractivity contribution is -0.144. The Balaban J connectivity index is 1.75. The van der Waals surface area contributed by atoms with E-state index in [2.05, 4.69) is 19.9 Å². The van der Waals surface area contributed by atoms with Crippen molar-refractivity contribution in [3.8, 4) is 0 Å². The topological polar surface area (TPSA) is 59.1 Å². The summed E-state index contributed by atoms with van der Waals surface area (Å²) in [5, 5.41) is 8.94. The van der Waals surface area contributed by atoms with Crippen molar-refractivity contribution in [2.24, 2.45) is 11.8 Å². The molecule has 0 bridgehead atoms. The van der Waals surface area contributed by atoms with Crippen LogP contribution in [-0.4, -0.2) is 47.0 Å². The summed E-state index contributed by atoms with van der Waals surface area (Å²) in [5.74, 6) is 1.54. The first-order valence-corrected chi connectivity index (χ1v) is 9.43. The lowest BCUT2D eigenvalue weighted by Crippen LogP contribution is -2.31. The van der Waals surface area contributed by atoms with Gasteiger partial charge in [-0.1, -0.05) is 11.6 Å². The summed E-state index contributed by atoms with van der Waals surface area (Å²) in [4.78, 5) is 12.3. The van der Waals surface area contributed by atoms with Gasteiger partial charge in [0.05, 0.1) is 18.1 Å². The van der Waals surface area contributed by atoms with E-state index in [1.54, 1.807) is 11.8 Å². The van der Waals surface area contributed by atoms with E-state index in [1.807, 2.05) is 0 Å². The molecule has 2 saturated heterocycles. The lowest BCUT2D eigenvalue weighted by atomic mass is 9.81. The number of fused-ring (bicyclic) bond motifs is 3. The predicted molar refractivity (Wildman–Crippen MR) is 86.8 cm³/mol. The molecule has 3 rings (SSSR count). The number of hydrogen-bond acceptors (Lipinski definition) is 5. The van der Waals surface area contributed by atoms with Gasteiger partial charge in [-0.3, -0.25) is 4.79 Å². The molecule has 5 heteroatoms. The maximum atomic E-state index is 12.3. The van der Waals surface area contributed by atoms with Crippen molar-refractivity contribution in [2.45, 2.75) is 57.3 Å². The van der Waals surface area contributed by atoms with Crippen LogP contribution in [0.1, 0.15) is 39.5 Å². The van der Waals surface area contributed by atoms with Gasteiger partial charge in [-0.25, -0.2) is 0 Å². The predicted octanol–water partition coefficient (Wildman–Crippen LogP) is 2.55. The normalized spacial score (nSPS) is 43.6. The van der Waals surface area contributed by atoms with E-state index in [0.717, 1.165) is 31.4 Å². The fourth-order valence-electron chi connectivity index (χ4n) is 3.80. The minimum atomic E-state index is -0.121. The van der Waals surface area contributed by atoms with E-state index < -0.39 is 0 Å². The number of rotatable bonds is 4. The van der Waals surface area contributed by atoms with Crippen molar-refractivity contribution >= 4 is 17.7 Å². The van der Waals surface area contributed by atoms with Gasteiger partial charge in [0.2, 0.25) is 0 Å². The Morgan fingerprint density at radius 1 is 1.50 bits per heavy atom. The Bertz CT molecular complexity index is 464. The summed E-state index contributed by atoms with van der Waals surface area (Å²) < 4.78 is 11.7. The summed E-state index contributed by atoms with van der Waals surface area (Å²) in [6.45, 7) is 4.48. The first-order valence-electron chi connectivity index (χ1n) is 8.28. The van der Waals surface area contributed by atoms with Gasteiger partial charge < -0.3 is 14.6 Å². The molecule has 0 radical (unpaired) electrons. The van der Waals surface area contributed by atoms with E-state index in [-0.39, 0.29) is 42.2 Å². The van der Waals surface area contributed by atoms with Crippen molar-refractivity contribution in [1.29, 1.82) is 0 Å². The van der Waals surface area contributed by atoms with Crippen LogP contribution in [-0.2, 0) is 14.3 Å². The number of aliphatic hydroxyl groups is 1. The molecule has 0 amide bonds. The molecule has 0 aromatic rings. The molecule has 2 aliphatic heterocycles. The molecule has 0 aromatic heterocycles. The number of carbonyl (C=O) groups is 1. The molecular formula is C17H26O4S. The molecule has 124 valence electrons. The van der Waals surface area contributed by atoms with Crippen molar-refractivity contribution in [1.82, 2.24) is 0 Å². The first kappa shape index (κ1) is 16.3. The Morgan fingerprint density at radius 2 is 2.32 bits per heavy atom. The van der Waals surface area contributed by atoms with Crippen molar-refractivity contribution in [2.75, 3.05) is 18.1 Å². The number of epoxide rings is 1. The second-order valence-corrected chi connectivity index (χ2v) is 8.10. The number of esters is 1. The zero-order chi connectivity index (χ0) is 15.7. The standard InChI is InChI=1S/C17H26O4S/c1-11-4-3-7-17(2)15(21-17)14-12(6-5-11)13(16(19)20-14)10-22-9-8-18/h4,12-15,18H,3,5-10H2,1-2H3/b11-4+/t12-,13-,14-,15-,17+/m0/s1. The maximum absolute atomic E-state index is 12.3. The maximum Gasteiger partial charge on any atom is 0.310 e. The third-order valence-corrected chi connectivity index (χ3v) is 6.34. The zero-order valence-corrected chi connectivity index (χ0v) is 14.2. The van der Waals surface area contributed by atoms with Crippen LogP contribution >= 0.6 is 11.8 Å². The molecule has 5 atom stereocenters. The number of thioether (sulfide) groups is 1. The van der Waals surface area contributed by atoms with Gasteiger partial charge in [0, 0.05) is 17.4 Å². The fourth-order valence-corrected chi connectivity index (χ4v) is 4.74. The molecule has 2 heterocycles. The third-order valence-electron chi connectivity index (χ3n) is 5.27. The van der Waals surface area contributed by atoms with Crippen LogP contribution in [0.2, 0.25) is 0 Å². The van der Waals surface area contributed by atoms with Gasteiger partial charge in [0.25, 0.3) is 0 Å². The molecular weight excluding hydrogens is 300 g/mol. The molecule has 0 aromatic carbocycles. The number of ether oxygens (including phenoxy) is 2. The van der Waals surface area contributed by atoms with Crippen molar-refractivity contribution < 1.29 is 19.4 Å². The molecule has 2 fully saturated rings. The molecule has 3 aliphatic rings. The lowest BCUT2D eigenvalue weighted by Gasteiger charge is -2.22. The van der Waals surface area contributed by atoms with Crippen molar-refractivity contribution in [3.63, 3.8) is 0 Å². The van der Waals surface area contributed by atoms with Gasteiger partial charge in [0.1, 0.15) is 12.2 Å². The van der Waals surface area contributed by atoms with Gasteiger partial charge in [-0.05, 0) is 39.5 Å². The smallest absolute Gasteiger partial charge is 0.310 e. The van der Waals surface area contributed by atoms with E-state index in [9.17, 15) is 4.79 Å². The van der Waals surface area contributed by atoms with Crippen LogP contribution < -0.4 is 0 Å². The van der Waals surface area contributed by atoms with E-state index >= 15 is 0 Å². The fraction of sp³-hybridized carbons (Fsp3) is 0.824. The Labute approximate surface area is 136 Å². The molecule has 0 unspecified atom stereocenters. The molecule has 1 aliphatic carbocycles.